The number of rotatable bonds is 11. The zero-order valence-corrected chi connectivity index (χ0v) is 45.7. The number of aryl methyl sites for hydroxylation is 1. The molecule has 2 aromatic carbocycles. The number of likely N-dealkylation sites (tertiary alicyclic amines) is 2. The minimum atomic E-state index is -2.24. The quantitative estimate of drug-likeness (QED) is 0.0876. The summed E-state index contributed by atoms with van der Waals surface area (Å²) in [7, 11) is 5.45. The molecular formula is C58H78N8O8. The molecule has 0 radical (unpaired) electrons. The molecule has 0 aliphatic carbocycles. The third-order valence-electron chi connectivity index (χ3n) is 15.7. The largest absolute Gasteiger partial charge is 0.462 e. The summed E-state index contributed by atoms with van der Waals surface area (Å²) in [5.41, 5.74) is 5.57. The number of fused-ring (bicyclic) bond motifs is 6. The van der Waals surface area contributed by atoms with Crippen LogP contribution in [0, 0.1) is 28.6 Å². The van der Waals surface area contributed by atoms with Crippen molar-refractivity contribution >= 4 is 52.3 Å². The first-order chi connectivity index (χ1) is 34.9. The molecule has 1 aromatic heterocycles. The number of benzene rings is 2. The van der Waals surface area contributed by atoms with Crippen LogP contribution in [-0.2, 0) is 52.8 Å². The summed E-state index contributed by atoms with van der Waals surface area (Å²) in [6, 6.07) is 12.1. The maximum atomic E-state index is 14.9. The SMILES string of the molecule is C=C/C(=C(\N=C/C)[C@H](C)OC)c1c2c3cc(ccc3n1CC)-c1cccc(c1)C[C@H](NC(=O)[C@H](C(C)C)N1CC[C@@]3(CCN(C(=O)C#CC(C)(C)N(C)C)C3)C1=O)C(=O)N1CCC[C@@](O)(N1)C(=O)OCC(C)(C)C2. The van der Waals surface area contributed by atoms with Crippen molar-refractivity contribution in [1.29, 1.82) is 0 Å². The summed E-state index contributed by atoms with van der Waals surface area (Å²) in [4.78, 5) is 81.8. The molecule has 4 aliphatic rings. The molecule has 398 valence electrons. The number of hydrazine groups is 1. The molecule has 0 unspecified atom stereocenters. The van der Waals surface area contributed by atoms with Gasteiger partial charge in [-0.2, -0.15) is 5.43 Å². The highest BCUT2D eigenvalue weighted by Crippen LogP contribution is 2.43. The van der Waals surface area contributed by atoms with Gasteiger partial charge in [-0.05, 0) is 121 Å². The molecule has 74 heavy (non-hydrogen) atoms. The van der Waals surface area contributed by atoms with Crippen LogP contribution in [0.2, 0.25) is 0 Å². The number of amides is 4. The van der Waals surface area contributed by atoms with E-state index in [4.69, 9.17) is 14.5 Å². The van der Waals surface area contributed by atoms with Gasteiger partial charge in [-0.3, -0.25) is 34.1 Å². The van der Waals surface area contributed by atoms with Gasteiger partial charge < -0.3 is 34.3 Å². The predicted octanol–water partition coefficient (Wildman–Crippen LogP) is 6.14. The van der Waals surface area contributed by atoms with E-state index in [9.17, 15) is 29.1 Å². The lowest BCUT2D eigenvalue weighted by Gasteiger charge is -2.40. The molecule has 16 heteroatoms. The lowest BCUT2D eigenvalue weighted by molar-refractivity contribution is -0.189. The number of aromatic nitrogens is 1. The Morgan fingerprint density at radius 1 is 1.07 bits per heavy atom. The van der Waals surface area contributed by atoms with Crippen LogP contribution in [0.5, 0.6) is 0 Å². The Morgan fingerprint density at radius 2 is 1.78 bits per heavy atom. The molecule has 1 spiro atoms. The highest BCUT2D eigenvalue weighted by molar-refractivity contribution is 5.98. The van der Waals surface area contributed by atoms with Crippen molar-refractivity contribution in [3.63, 3.8) is 0 Å². The van der Waals surface area contributed by atoms with Crippen molar-refractivity contribution in [2.75, 3.05) is 54.0 Å². The standard InChI is InChI=1S/C58H78N8O8/c1-14-42(48(59-15-2)38(6)73-13)50-44-34-55(7,8)36-74-54(71)58(72)24-18-28-66(61-58)52(69)45(32-39-19-17-20-40(31-39)41-21-22-46(43(44)33-41)64(50)16-3)60-51(68)49(37(4)5)65-30-27-57(53(65)70)26-29-63(35-57)47(67)23-25-56(9,10)62(11)12/h14-15,17,19-22,31,33,37-38,45,49,61,72H,1,16,18,24,26-30,32,34-36H2,2-13H3,(H,60,68)/b48-42+,59-15-/t38-,45-,49-,57+,58-/m0/s1. The normalized spacial score (nSPS) is 23.7. The van der Waals surface area contributed by atoms with Crippen LogP contribution < -0.4 is 10.7 Å². The van der Waals surface area contributed by atoms with E-state index in [1.54, 1.807) is 23.1 Å². The Balaban J connectivity index is 1.27. The van der Waals surface area contributed by atoms with E-state index in [0.717, 1.165) is 50.1 Å². The fraction of sp³-hybridized carbons (Fsp3) is 0.552. The number of hydrogen-bond acceptors (Lipinski definition) is 11. The number of carbonyl (C=O) groups excluding carboxylic acids is 5. The molecule has 3 aromatic rings. The number of ether oxygens (including phenoxy) is 2. The first kappa shape index (κ1) is 55.6. The van der Waals surface area contributed by atoms with E-state index in [1.807, 2.05) is 105 Å². The second-order valence-electron chi connectivity index (χ2n) is 22.4. The summed E-state index contributed by atoms with van der Waals surface area (Å²) in [5, 5.41) is 17.3. The fourth-order valence-corrected chi connectivity index (χ4v) is 10.9. The van der Waals surface area contributed by atoms with E-state index in [-0.39, 0.29) is 62.8 Å². The molecular weight excluding hydrogens is 937 g/mol. The van der Waals surface area contributed by atoms with Gasteiger partial charge in [0.15, 0.2) is 0 Å². The van der Waals surface area contributed by atoms with Crippen molar-refractivity contribution in [1.82, 2.24) is 35.0 Å². The van der Waals surface area contributed by atoms with Gasteiger partial charge in [0.2, 0.25) is 17.5 Å². The smallest absolute Gasteiger partial charge is 0.355 e. The van der Waals surface area contributed by atoms with E-state index < -0.39 is 52.0 Å². The minimum Gasteiger partial charge on any atom is -0.462 e. The Labute approximate surface area is 437 Å². The summed E-state index contributed by atoms with van der Waals surface area (Å²) in [6.07, 6.45) is 4.90. The van der Waals surface area contributed by atoms with Gasteiger partial charge in [0.05, 0.1) is 35.1 Å². The fourth-order valence-electron chi connectivity index (χ4n) is 10.9. The number of aliphatic imine (C=N–C) groups is 1. The number of cyclic esters (lactones) is 1. The van der Waals surface area contributed by atoms with Gasteiger partial charge in [0, 0.05) is 80.8 Å². The maximum Gasteiger partial charge on any atom is 0.355 e. The molecule has 4 aliphatic heterocycles. The van der Waals surface area contributed by atoms with Crippen LogP contribution in [0.15, 0.2) is 65.8 Å². The van der Waals surface area contributed by atoms with Crippen LogP contribution >= 0.6 is 0 Å². The molecule has 3 saturated heterocycles. The number of methoxy groups -OCH3 is 1. The Bertz CT molecular complexity index is 2810. The predicted molar refractivity (Wildman–Crippen MR) is 288 cm³/mol. The lowest BCUT2D eigenvalue weighted by atomic mass is 9.84. The van der Waals surface area contributed by atoms with Crippen LogP contribution in [0.1, 0.15) is 105 Å². The third-order valence-corrected chi connectivity index (χ3v) is 15.7. The van der Waals surface area contributed by atoms with Gasteiger partial charge in [-0.15, -0.1) is 0 Å². The molecule has 6 bridgehead atoms. The molecule has 3 N–H and O–H groups in total. The topological polar surface area (TPSA) is 178 Å². The zero-order chi connectivity index (χ0) is 54.1. The summed E-state index contributed by atoms with van der Waals surface area (Å²) >= 11 is 0. The molecule has 0 saturated carbocycles. The second-order valence-corrected chi connectivity index (χ2v) is 22.4. The van der Waals surface area contributed by atoms with Crippen molar-refractivity contribution in [3.05, 3.63) is 77.6 Å². The van der Waals surface area contributed by atoms with Gasteiger partial charge >= 0.3 is 5.97 Å². The monoisotopic (exact) mass is 1010 g/mol. The van der Waals surface area contributed by atoms with Crippen LogP contribution in [0.3, 0.4) is 0 Å². The minimum absolute atomic E-state index is 0.0180. The number of hydrogen-bond donors (Lipinski definition) is 3. The summed E-state index contributed by atoms with van der Waals surface area (Å²) in [6.45, 7) is 23.4. The highest BCUT2D eigenvalue weighted by Gasteiger charge is 2.54. The Kier molecular flexibility index (Phi) is 16.5. The van der Waals surface area contributed by atoms with Gasteiger partial charge in [0.25, 0.3) is 11.8 Å². The van der Waals surface area contributed by atoms with Crippen LogP contribution in [-0.4, -0.2) is 149 Å². The number of carbonyl (C=O) groups is 5. The molecule has 5 atom stereocenters. The van der Waals surface area contributed by atoms with Gasteiger partial charge in [-0.1, -0.05) is 76.6 Å². The van der Waals surface area contributed by atoms with E-state index in [0.29, 0.717) is 38.9 Å². The second kappa shape index (κ2) is 22.0. The average molecular weight is 1020 g/mol. The highest BCUT2D eigenvalue weighted by atomic mass is 16.6. The van der Waals surface area contributed by atoms with E-state index >= 15 is 0 Å². The molecule has 3 fully saturated rings. The Hall–Kier alpha value is -6.12. The van der Waals surface area contributed by atoms with Crippen molar-refractivity contribution in [2.45, 2.75) is 137 Å². The first-order valence-corrected chi connectivity index (χ1v) is 26.2. The van der Waals surface area contributed by atoms with Crippen molar-refractivity contribution < 1.29 is 38.6 Å². The average Bonchev–Trinajstić information content (AvgIpc) is 4.03. The summed E-state index contributed by atoms with van der Waals surface area (Å²) in [5.74, 6) is 2.98. The van der Waals surface area contributed by atoms with Crippen molar-refractivity contribution in [2.24, 2.45) is 21.7 Å². The number of esters is 1. The Morgan fingerprint density at radius 3 is 2.45 bits per heavy atom. The summed E-state index contributed by atoms with van der Waals surface area (Å²) < 4.78 is 14.1. The first-order valence-electron chi connectivity index (χ1n) is 26.2. The van der Waals surface area contributed by atoms with E-state index in [1.165, 1.54) is 5.01 Å². The van der Waals surface area contributed by atoms with Crippen LogP contribution in [0.4, 0.5) is 0 Å². The molecule has 16 nitrogen and oxygen atoms in total. The third kappa shape index (κ3) is 11.1. The van der Waals surface area contributed by atoms with Crippen molar-refractivity contribution in [3.8, 4) is 23.0 Å². The number of nitrogens with one attached hydrogen (secondary N) is 2. The molecule has 7 rings (SSSR count). The molecule has 5 heterocycles. The number of nitrogens with zero attached hydrogens (tertiary/aromatic N) is 6. The number of aliphatic hydroxyl groups is 1. The number of allylic oxidation sites excluding steroid dienone is 2. The van der Waals surface area contributed by atoms with Gasteiger partial charge in [-0.25, -0.2) is 4.79 Å². The lowest BCUT2D eigenvalue weighted by Crippen LogP contribution is -2.67. The van der Waals surface area contributed by atoms with Crippen LogP contribution in [0.25, 0.3) is 27.6 Å². The van der Waals surface area contributed by atoms with Gasteiger partial charge in [0.1, 0.15) is 12.1 Å². The maximum absolute atomic E-state index is 14.9. The van der Waals surface area contributed by atoms with E-state index in [2.05, 4.69) is 58.9 Å². The zero-order valence-electron chi connectivity index (χ0n) is 45.7. The molecule has 4 amide bonds.